The van der Waals surface area contributed by atoms with Gasteiger partial charge in [-0.1, -0.05) is 0 Å². The zero-order valence-electron chi connectivity index (χ0n) is 11.4. The van der Waals surface area contributed by atoms with Crippen molar-refractivity contribution < 1.29 is 23.1 Å². The molecule has 0 radical (unpaired) electrons. The summed E-state index contributed by atoms with van der Waals surface area (Å²) >= 11 is 0. The number of amides is 1. The maximum atomic E-state index is 12.3. The lowest BCUT2D eigenvalue weighted by molar-refractivity contribution is -0.141. The maximum Gasteiger partial charge on any atom is 0.326 e. The summed E-state index contributed by atoms with van der Waals surface area (Å²) in [4.78, 5) is 24.7. The number of hydrogen-bond donors (Lipinski definition) is 2. The number of likely N-dealkylation sites (tertiary alicyclic amines) is 1. The van der Waals surface area contributed by atoms with Crippen molar-refractivity contribution in [3.05, 3.63) is 29.8 Å². The Hall–Kier alpha value is -1.93. The zero-order valence-corrected chi connectivity index (χ0v) is 12.3. The molecule has 1 amide bonds. The predicted octanol–water partition coefficient (Wildman–Crippen LogP) is 0.284. The fourth-order valence-electron chi connectivity index (χ4n) is 2.33. The highest BCUT2D eigenvalue weighted by Crippen LogP contribution is 2.21. The fourth-order valence-corrected chi connectivity index (χ4v) is 3.06. The molecule has 2 rings (SSSR count). The quantitative estimate of drug-likeness (QED) is 0.831. The first-order valence-electron chi connectivity index (χ1n) is 6.44. The van der Waals surface area contributed by atoms with Gasteiger partial charge in [-0.15, -0.1) is 0 Å². The number of sulfonamides is 1. The molecule has 1 saturated heterocycles. The number of carbonyl (C=O) groups excluding carboxylic acids is 1. The molecule has 1 heterocycles. The SMILES string of the molecule is CNS(=O)(=O)c1ccc(C(=O)N2CCC[C@H]2C(=O)O)cc1. The van der Waals surface area contributed by atoms with E-state index in [1.165, 1.54) is 36.2 Å². The third kappa shape index (κ3) is 3.06. The molecule has 8 heteroatoms. The Bertz CT molecular complexity index is 654. The topological polar surface area (TPSA) is 104 Å². The summed E-state index contributed by atoms with van der Waals surface area (Å²) in [5, 5.41) is 9.08. The smallest absolute Gasteiger partial charge is 0.326 e. The Morgan fingerprint density at radius 1 is 1.29 bits per heavy atom. The van der Waals surface area contributed by atoms with Crippen molar-refractivity contribution in [3.8, 4) is 0 Å². The van der Waals surface area contributed by atoms with Crippen LogP contribution in [0.1, 0.15) is 23.2 Å². The molecule has 0 aliphatic carbocycles. The van der Waals surface area contributed by atoms with Gasteiger partial charge in [0.1, 0.15) is 6.04 Å². The zero-order chi connectivity index (χ0) is 15.6. The number of aliphatic carboxylic acids is 1. The van der Waals surface area contributed by atoms with E-state index in [1.807, 2.05) is 0 Å². The third-order valence-electron chi connectivity index (χ3n) is 3.48. The molecule has 7 nitrogen and oxygen atoms in total. The molecule has 1 aromatic rings. The summed E-state index contributed by atoms with van der Waals surface area (Å²) in [6.45, 7) is 0.395. The van der Waals surface area contributed by atoms with E-state index in [0.29, 0.717) is 19.4 Å². The Kier molecular flexibility index (Phi) is 4.29. The van der Waals surface area contributed by atoms with Crippen LogP contribution in [-0.2, 0) is 14.8 Å². The van der Waals surface area contributed by atoms with Gasteiger partial charge in [-0.3, -0.25) is 4.79 Å². The van der Waals surface area contributed by atoms with Crippen molar-refractivity contribution in [1.82, 2.24) is 9.62 Å². The maximum absolute atomic E-state index is 12.3. The summed E-state index contributed by atoms with van der Waals surface area (Å²) in [7, 11) is -2.25. The van der Waals surface area contributed by atoms with E-state index in [9.17, 15) is 18.0 Å². The fraction of sp³-hybridized carbons (Fsp3) is 0.385. The van der Waals surface area contributed by atoms with Gasteiger partial charge in [0.2, 0.25) is 10.0 Å². The number of nitrogens with zero attached hydrogens (tertiary/aromatic N) is 1. The lowest BCUT2D eigenvalue weighted by Crippen LogP contribution is -2.40. The molecule has 0 unspecified atom stereocenters. The number of nitrogens with one attached hydrogen (secondary N) is 1. The molecule has 1 aromatic carbocycles. The molecule has 114 valence electrons. The van der Waals surface area contributed by atoms with E-state index in [2.05, 4.69) is 4.72 Å². The molecule has 1 aliphatic heterocycles. The van der Waals surface area contributed by atoms with Crippen LogP contribution in [0.5, 0.6) is 0 Å². The van der Waals surface area contributed by atoms with Crippen LogP contribution >= 0.6 is 0 Å². The minimum Gasteiger partial charge on any atom is -0.480 e. The Morgan fingerprint density at radius 2 is 1.90 bits per heavy atom. The molecular formula is C13H16N2O5S. The molecule has 0 spiro atoms. The summed E-state index contributed by atoms with van der Waals surface area (Å²) in [5.41, 5.74) is 0.276. The minimum absolute atomic E-state index is 0.0535. The molecule has 21 heavy (non-hydrogen) atoms. The number of carbonyl (C=O) groups is 2. The Morgan fingerprint density at radius 3 is 2.43 bits per heavy atom. The van der Waals surface area contributed by atoms with E-state index < -0.39 is 27.9 Å². The molecule has 0 saturated carbocycles. The lowest BCUT2D eigenvalue weighted by Gasteiger charge is -2.21. The summed E-state index contributed by atoms with van der Waals surface area (Å²) in [6, 6.07) is 4.63. The average Bonchev–Trinajstić information content (AvgIpc) is 2.96. The molecule has 2 N–H and O–H groups in total. The third-order valence-corrected chi connectivity index (χ3v) is 4.91. The Labute approximate surface area is 122 Å². The van der Waals surface area contributed by atoms with Gasteiger partial charge in [-0.2, -0.15) is 0 Å². The monoisotopic (exact) mass is 312 g/mol. The van der Waals surface area contributed by atoms with E-state index >= 15 is 0 Å². The standard InChI is InChI=1S/C13H16N2O5S/c1-14-21(19,20)10-6-4-9(5-7-10)12(16)15-8-2-3-11(15)13(17)18/h4-7,11,14H,2-3,8H2,1H3,(H,17,18)/t11-/m0/s1. The first-order chi connectivity index (χ1) is 9.86. The van der Waals surface area contributed by atoms with E-state index in [0.717, 1.165) is 0 Å². The van der Waals surface area contributed by atoms with E-state index in [1.54, 1.807) is 0 Å². The van der Waals surface area contributed by atoms with E-state index in [4.69, 9.17) is 5.11 Å². The van der Waals surface area contributed by atoms with Crippen LogP contribution < -0.4 is 4.72 Å². The van der Waals surface area contributed by atoms with Crippen molar-refractivity contribution in [2.24, 2.45) is 0 Å². The van der Waals surface area contributed by atoms with Crippen LogP contribution in [0.2, 0.25) is 0 Å². The van der Waals surface area contributed by atoms with Gasteiger partial charge >= 0.3 is 5.97 Å². The molecule has 1 atom stereocenters. The molecule has 1 aliphatic rings. The second-order valence-electron chi connectivity index (χ2n) is 4.73. The average molecular weight is 312 g/mol. The van der Waals surface area contributed by atoms with Gasteiger partial charge in [-0.05, 0) is 44.2 Å². The van der Waals surface area contributed by atoms with Gasteiger partial charge in [0.05, 0.1) is 4.90 Å². The van der Waals surface area contributed by atoms with Crippen LogP contribution in [-0.4, -0.2) is 49.9 Å². The lowest BCUT2D eigenvalue weighted by atomic mass is 10.1. The van der Waals surface area contributed by atoms with Crippen LogP contribution in [0.25, 0.3) is 0 Å². The van der Waals surface area contributed by atoms with Gasteiger partial charge < -0.3 is 10.0 Å². The first-order valence-corrected chi connectivity index (χ1v) is 7.92. The van der Waals surface area contributed by atoms with Gasteiger partial charge in [0.15, 0.2) is 0 Å². The first kappa shape index (κ1) is 15.5. The van der Waals surface area contributed by atoms with Crippen molar-refractivity contribution in [2.75, 3.05) is 13.6 Å². The van der Waals surface area contributed by atoms with Crippen LogP contribution in [0.3, 0.4) is 0 Å². The summed E-state index contributed by atoms with van der Waals surface area (Å²) in [5.74, 6) is -1.41. The highest BCUT2D eigenvalue weighted by molar-refractivity contribution is 7.89. The number of benzene rings is 1. The number of rotatable bonds is 4. The van der Waals surface area contributed by atoms with E-state index in [-0.39, 0.29) is 10.5 Å². The highest BCUT2D eigenvalue weighted by atomic mass is 32.2. The van der Waals surface area contributed by atoms with Crippen molar-refractivity contribution in [2.45, 2.75) is 23.8 Å². The predicted molar refractivity (Wildman–Crippen MR) is 74.4 cm³/mol. The molecule has 0 aromatic heterocycles. The van der Waals surface area contributed by atoms with Crippen LogP contribution in [0.15, 0.2) is 29.2 Å². The van der Waals surface area contributed by atoms with Crippen molar-refractivity contribution >= 4 is 21.9 Å². The second kappa shape index (κ2) is 5.82. The normalized spacial score (nSPS) is 18.7. The summed E-state index contributed by atoms with van der Waals surface area (Å²) in [6.07, 6.45) is 1.09. The number of carboxylic acid groups (broad SMARTS) is 1. The Balaban J connectivity index is 2.23. The number of hydrogen-bond acceptors (Lipinski definition) is 4. The summed E-state index contributed by atoms with van der Waals surface area (Å²) < 4.78 is 25.4. The highest BCUT2D eigenvalue weighted by Gasteiger charge is 2.34. The molecule has 0 bridgehead atoms. The van der Waals surface area contributed by atoms with Gasteiger partial charge in [-0.25, -0.2) is 17.9 Å². The molecular weight excluding hydrogens is 296 g/mol. The largest absolute Gasteiger partial charge is 0.480 e. The van der Waals surface area contributed by atoms with Gasteiger partial charge in [0.25, 0.3) is 5.91 Å². The van der Waals surface area contributed by atoms with Gasteiger partial charge in [0, 0.05) is 12.1 Å². The number of carboxylic acids is 1. The second-order valence-corrected chi connectivity index (χ2v) is 6.61. The van der Waals surface area contributed by atoms with Crippen LogP contribution in [0, 0.1) is 0 Å². The molecule has 1 fully saturated rings. The van der Waals surface area contributed by atoms with Crippen molar-refractivity contribution in [3.63, 3.8) is 0 Å². The minimum atomic E-state index is -3.55. The van der Waals surface area contributed by atoms with Crippen molar-refractivity contribution in [1.29, 1.82) is 0 Å². The van der Waals surface area contributed by atoms with Crippen LogP contribution in [0.4, 0.5) is 0 Å².